The molecule has 0 N–H and O–H groups in total. The van der Waals surface area contributed by atoms with Gasteiger partial charge in [-0.15, -0.1) is 10.2 Å². The summed E-state index contributed by atoms with van der Waals surface area (Å²) in [4.78, 5) is 22.4. The second-order valence-corrected chi connectivity index (χ2v) is 10.4. The molecule has 6 rings (SSSR count). The third kappa shape index (κ3) is 3.84. The average molecular weight is 467 g/mol. The summed E-state index contributed by atoms with van der Waals surface area (Å²) < 4.78 is 2.20. The minimum Gasteiger partial charge on any atom is -0.339 e. The lowest BCUT2D eigenvalue weighted by molar-refractivity contribution is -0.135. The van der Waals surface area contributed by atoms with Crippen molar-refractivity contribution in [2.24, 2.45) is 5.92 Å². The van der Waals surface area contributed by atoms with E-state index in [2.05, 4.69) is 19.3 Å². The van der Waals surface area contributed by atoms with E-state index >= 15 is 0 Å². The second kappa shape index (κ2) is 8.75. The molecule has 1 aromatic carbocycles. The molecule has 2 saturated carbocycles. The summed E-state index contributed by atoms with van der Waals surface area (Å²) in [6.45, 7) is 3.03. The minimum atomic E-state index is 0.236. The van der Waals surface area contributed by atoms with Gasteiger partial charge in [0.2, 0.25) is 11.9 Å². The number of benzene rings is 1. The van der Waals surface area contributed by atoms with E-state index in [4.69, 9.17) is 21.7 Å². The third-order valence-corrected chi connectivity index (χ3v) is 8.09. The molecular weight excluding hydrogens is 436 g/mol. The molecule has 1 saturated heterocycles. The van der Waals surface area contributed by atoms with E-state index in [0.717, 1.165) is 80.2 Å². The Hall–Kier alpha value is -2.41. The molecule has 3 heterocycles. The van der Waals surface area contributed by atoms with Crippen molar-refractivity contribution < 1.29 is 4.79 Å². The van der Waals surface area contributed by atoms with Gasteiger partial charge in [-0.05, 0) is 43.9 Å². The highest BCUT2D eigenvalue weighted by Gasteiger charge is 2.31. The van der Waals surface area contributed by atoms with Crippen LogP contribution in [-0.4, -0.2) is 56.6 Å². The van der Waals surface area contributed by atoms with Crippen molar-refractivity contribution in [2.45, 2.75) is 63.7 Å². The maximum atomic E-state index is 12.9. The van der Waals surface area contributed by atoms with Crippen molar-refractivity contribution in [2.75, 3.05) is 31.1 Å². The normalized spacial score (nSPS) is 20.9. The van der Waals surface area contributed by atoms with Crippen molar-refractivity contribution >= 4 is 40.0 Å². The Kier molecular flexibility index (Phi) is 5.60. The zero-order valence-corrected chi connectivity index (χ0v) is 19.8. The lowest BCUT2D eigenvalue weighted by Gasteiger charge is -2.37. The summed E-state index contributed by atoms with van der Waals surface area (Å²) in [6.07, 6.45) is 10.6. The first-order valence-electron chi connectivity index (χ1n) is 12.6. The first kappa shape index (κ1) is 21.1. The first-order chi connectivity index (χ1) is 16.2. The number of halogens is 1. The number of hydrogen-bond acceptors (Lipinski definition) is 5. The summed E-state index contributed by atoms with van der Waals surface area (Å²) in [5.41, 5.74) is 1.70. The Labute approximate surface area is 199 Å². The highest BCUT2D eigenvalue weighted by Crippen LogP contribution is 2.35. The van der Waals surface area contributed by atoms with Crippen LogP contribution in [0.15, 0.2) is 18.2 Å². The number of hydrogen-bond donors (Lipinski definition) is 0. The maximum absolute atomic E-state index is 12.9. The van der Waals surface area contributed by atoms with Crippen LogP contribution in [-0.2, 0) is 4.79 Å². The van der Waals surface area contributed by atoms with Crippen LogP contribution in [0.1, 0.15) is 69.5 Å². The fraction of sp³-hybridized carbons (Fsp3) is 0.600. The van der Waals surface area contributed by atoms with Gasteiger partial charge in [0.15, 0.2) is 5.65 Å². The van der Waals surface area contributed by atoms with Crippen molar-refractivity contribution in [3.05, 3.63) is 29.0 Å². The Morgan fingerprint density at radius 3 is 2.39 bits per heavy atom. The van der Waals surface area contributed by atoms with Gasteiger partial charge in [-0.3, -0.25) is 4.79 Å². The molecule has 2 aromatic heterocycles. The van der Waals surface area contributed by atoms with E-state index in [1.807, 2.05) is 18.2 Å². The monoisotopic (exact) mass is 466 g/mol. The van der Waals surface area contributed by atoms with E-state index in [1.165, 1.54) is 32.1 Å². The number of aromatic nitrogens is 4. The zero-order valence-electron chi connectivity index (χ0n) is 19.0. The molecule has 1 aliphatic heterocycles. The van der Waals surface area contributed by atoms with Crippen LogP contribution in [0.4, 0.5) is 5.95 Å². The van der Waals surface area contributed by atoms with Crippen LogP contribution in [0.2, 0.25) is 5.02 Å². The standard InChI is InChI=1S/C25H31ClN6O/c26-19-10-11-20-21(16-19)27-25(32-22(28-29-23(20)32)17-6-2-1-3-7-17)31-14-12-30(13-15-31)24(33)18-8-4-5-9-18/h10-11,16-18H,1-9,12-15H2. The summed E-state index contributed by atoms with van der Waals surface area (Å²) in [6, 6.07) is 5.81. The summed E-state index contributed by atoms with van der Waals surface area (Å²) in [5.74, 6) is 2.93. The molecule has 0 unspecified atom stereocenters. The van der Waals surface area contributed by atoms with Crippen molar-refractivity contribution in [3.8, 4) is 0 Å². The van der Waals surface area contributed by atoms with Gasteiger partial charge in [0.05, 0.1) is 5.52 Å². The Bertz CT molecular complexity index is 1170. The fourth-order valence-corrected chi connectivity index (χ4v) is 6.17. The Morgan fingerprint density at radius 2 is 1.64 bits per heavy atom. The lowest BCUT2D eigenvalue weighted by atomic mass is 9.89. The molecule has 3 aliphatic rings. The SMILES string of the molecule is O=C(C1CCCC1)N1CCN(c2nc3cc(Cl)ccc3c3nnc(C4CCCCC4)n23)CC1. The van der Waals surface area contributed by atoms with E-state index < -0.39 is 0 Å². The maximum Gasteiger partial charge on any atom is 0.225 e. The highest BCUT2D eigenvalue weighted by molar-refractivity contribution is 6.31. The molecule has 174 valence electrons. The van der Waals surface area contributed by atoms with Crippen molar-refractivity contribution in [1.29, 1.82) is 0 Å². The predicted octanol–water partition coefficient (Wildman–Crippen LogP) is 4.82. The van der Waals surface area contributed by atoms with Gasteiger partial charge in [-0.2, -0.15) is 0 Å². The van der Waals surface area contributed by atoms with Crippen LogP contribution < -0.4 is 4.90 Å². The van der Waals surface area contributed by atoms with E-state index in [0.29, 0.717) is 16.8 Å². The number of anilines is 1. The Morgan fingerprint density at radius 1 is 0.909 bits per heavy atom. The molecule has 7 nitrogen and oxygen atoms in total. The number of rotatable bonds is 3. The molecule has 2 aliphatic carbocycles. The number of carbonyl (C=O) groups is 1. The van der Waals surface area contributed by atoms with Gasteiger partial charge in [-0.1, -0.05) is 43.7 Å². The quantitative estimate of drug-likeness (QED) is 0.553. The second-order valence-electron chi connectivity index (χ2n) is 9.92. The molecule has 0 radical (unpaired) electrons. The number of amides is 1. The van der Waals surface area contributed by atoms with Crippen LogP contribution in [0.25, 0.3) is 16.6 Å². The highest BCUT2D eigenvalue weighted by atomic mass is 35.5. The molecule has 1 amide bonds. The zero-order chi connectivity index (χ0) is 22.4. The molecule has 0 atom stereocenters. The largest absolute Gasteiger partial charge is 0.339 e. The van der Waals surface area contributed by atoms with Crippen LogP contribution >= 0.6 is 11.6 Å². The van der Waals surface area contributed by atoms with Crippen LogP contribution in [0, 0.1) is 5.92 Å². The van der Waals surface area contributed by atoms with E-state index in [1.54, 1.807) is 0 Å². The van der Waals surface area contributed by atoms with Crippen molar-refractivity contribution in [1.82, 2.24) is 24.5 Å². The van der Waals surface area contributed by atoms with Gasteiger partial charge >= 0.3 is 0 Å². The van der Waals surface area contributed by atoms with Gasteiger partial charge in [0, 0.05) is 48.4 Å². The van der Waals surface area contributed by atoms with Gasteiger partial charge < -0.3 is 9.80 Å². The summed E-state index contributed by atoms with van der Waals surface area (Å²) in [5, 5.41) is 11.0. The molecule has 3 fully saturated rings. The molecule has 33 heavy (non-hydrogen) atoms. The van der Waals surface area contributed by atoms with Crippen LogP contribution in [0.5, 0.6) is 0 Å². The number of fused-ring (bicyclic) bond motifs is 3. The lowest BCUT2D eigenvalue weighted by Crippen LogP contribution is -2.50. The van der Waals surface area contributed by atoms with Gasteiger partial charge in [0.1, 0.15) is 5.82 Å². The topological polar surface area (TPSA) is 66.6 Å². The number of piperazine rings is 1. The van der Waals surface area contributed by atoms with Gasteiger partial charge in [-0.25, -0.2) is 9.38 Å². The number of carbonyl (C=O) groups excluding carboxylic acids is 1. The minimum absolute atomic E-state index is 0.236. The summed E-state index contributed by atoms with van der Waals surface area (Å²) >= 11 is 6.31. The van der Waals surface area contributed by atoms with Crippen LogP contribution in [0.3, 0.4) is 0 Å². The molecule has 0 spiro atoms. The first-order valence-corrected chi connectivity index (χ1v) is 12.9. The van der Waals surface area contributed by atoms with Gasteiger partial charge in [0.25, 0.3) is 0 Å². The predicted molar refractivity (Wildman–Crippen MR) is 130 cm³/mol. The van der Waals surface area contributed by atoms with Crippen molar-refractivity contribution in [3.63, 3.8) is 0 Å². The summed E-state index contributed by atoms with van der Waals surface area (Å²) in [7, 11) is 0. The molecular formula is C25H31ClN6O. The third-order valence-electron chi connectivity index (χ3n) is 7.86. The molecule has 0 bridgehead atoms. The average Bonchev–Trinajstić information content (AvgIpc) is 3.54. The van der Waals surface area contributed by atoms with E-state index in [9.17, 15) is 4.79 Å². The molecule has 8 heteroatoms. The fourth-order valence-electron chi connectivity index (χ4n) is 6.01. The molecule has 3 aromatic rings. The smallest absolute Gasteiger partial charge is 0.225 e. The number of nitrogens with zero attached hydrogens (tertiary/aromatic N) is 6. The Balaban J connectivity index is 1.36. The van der Waals surface area contributed by atoms with E-state index in [-0.39, 0.29) is 5.92 Å².